The molecular formula is C32H48N2O. The van der Waals surface area contributed by atoms with E-state index in [2.05, 4.69) is 48.5 Å². The molecule has 1 aliphatic heterocycles. The molecule has 5 aliphatic carbocycles. The van der Waals surface area contributed by atoms with Gasteiger partial charge in [-0.1, -0.05) is 48.5 Å². The SMILES string of the molecule is CC1(C)CC[C@@]23CC[C@]4(C)[C@H](CC[C@@H]5[C@]6(C)Cc7nccnc7C(C)(C)[C@@H]6CC[C@]54C)[C@@H]2[C@H]1OC3. The minimum Gasteiger partial charge on any atom is -0.377 e. The van der Waals surface area contributed by atoms with Gasteiger partial charge in [0.2, 0.25) is 0 Å². The zero-order valence-corrected chi connectivity index (χ0v) is 23.4. The molecule has 35 heavy (non-hydrogen) atoms. The molecule has 2 heterocycles. The molecule has 6 aliphatic rings. The summed E-state index contributed by atoms with van der Waals surface area (Å²) < 4.78 is 6.75. The molecule has 0 amide bonds. The zero-order valence-electron chi connectivity index (χ0n) is 23.4. The summed E-state index contributed by atoms with van der Waals surface area (Å²) in [5, 5.41) is 0. The Labute approximate surface area is 213 Å². The lowest BCUT2D eigenvalue weighted by atomic mass is 9.31. The maximum absolute atomic E-state index is 6.75. The van der Waals surface area contributed by atoms with Gasteiger partial charge in [0.15, 0.2) is 0 Å². The lowest BCUT2D eigenvalue weighted by molar-refractivity contribution is -0.233. The molecule has 3 nitrogen and oxygen atoms in total. The van der Waals surface area contributed by atoms with Crippen LogP contribution in [0.2, 0.25) is 0 Å². The van der Waals surface area contributed by atoms with Crippen molar-refractivity contribution in [2.45, 2.75) is 118 Å². The maximum Gasteiger partial charge on any atom is 0.0678 e. The van der Waals surface area contributed by atoms with Crippen LogP contribution in [0.4, 0.5) is 0 Å². The van der Waals surface area contributed by atoms with E-state index in [1.165, 1.54) is 62.8 Å². The van der Waals surface area contributed by atoms with Gasteiger partial charge in [-0.2, -0.15) is 0 Å². The molecule has 4 saturated carbocycles. The first-order chi connectivity index (χ1) is 16.4. The van der Waals surface area contributed by atoms with Crippen LogP contribution in [0.5, 0.6) is 0 Å². The summed E-state index contributed by atoms with van der Waals surface area (Å²) in [4.78, 5) is 9.83. The summed E-state index contributed by atoms with van der Waals surface area (Å²) in [6.45, 7) is 19.2. The fraction of sp³-hybridized carbons (Fsp3) is 0.875. The number of hydrogen-bond acceptors (Lipinski definition) is 3. The van der Waals surface area contributed by atoms with E-state index in [4.69, 9.17) is 14.7 Å². The largest absolute Gasteiger partial charge is 0.377 e. The number of nitrogens with zero attached hydrogens (tertiary/aromatic N) is 2. The molecule has 1 aromatic rings. The van der Waals surface area contributed by atoms with Gasteiger partial charge in [0.05, 0.1) is 24.1 Å². The summed E-state index contributed by atoms with van der Waals surface area (Å²) in [6.07, 6.45) is 16.6. The van der Waals surface area contributed by atoms with Gasteiger partial charge in [-0.05, 0) is 109 Å². The monoisotopic (exact) mass is 476 g/mol. The van der Waals surface area contributed by atoms with E-state index in [0.29, 0.717) is 39.1 Å². The van der Waals surface area contributed by atoms with Crippen LogP contribution in [0.3, 0.4) is 0 Å². The van der Waals surface area contributed by atoms with Crippen molar-refractivity contribution in [1.82, 2.24) is 9.97 Å². The van der Waals surface area contributed by atoms with E-state index in [1.807, 2.05) is 12.4 Å². The molecule has 0 radical (unpaired) electrons. The Balaban J connectivity index is 1.31. The highest BCUT2D eigenvalue weighted by Crippen LogP contribution is 2.77. The molecule has 7 rings (SSSR count). The Bertz CT molecular complexity index is 1060. The average Bonchev–Trinajstić information content (AvgIpc) is 3.13. The highest BCUT2D eigenvalue weighted by atomic mass is 16.5. The normalized spacial score (nSPS) is 52.9. The topological polar surface area (TPSA) is 35.0 Å². The lowest BCUT2D eigenvalue weighted by Crippen LogP contribution is -2.67. The Morgan fingerprint density at radius 1 is 0.771 bits per heavy atom. The van der Waals surface area contributed by atoms with E-state index in [-0.39, 0.29) is 5.41 Å². The van der Waals surface area contributed by atoms with Crippen LogP contribution in [0.15, 0.2) is 12.4 Å². The minimum absolute atomic E-state index is 0.104. The smallest absolute Gasteiger partial charge is 0.0678 e. The minimum atomic E-state index is 0.104. The fourth-order valence-corrected chi connectivity index (χ4v) is 12.3. The van der Waals surface area contributed by atoms with Gasteiger partial charge >= 0.3 is 0 Å². The third-order valence-corrected chi connectivity index (χ3v) is 14.2. The quantitative estimate of drug-likeness (QED) is 0.392. The maximum atomic E-state index is 6.75. The third kappa shape index (κ3) is 2.58. The van der Waals surface area contributed by atoms with Gasteiger partial charge in [-0.15, -0.1) is 0 Å². The molecule has 9 atom stereocenters. The summed E-state index contributed by atoms with van der Waals surface area (Å²) >= 11 is 0. The van der Waals surface area contributed by atoms with E-state index in [9.17, 15) is 0 Å². The molecule has 3 heteroatoms. The Kier molecular flexibility index (Phi) is 4.45. The van der Waals surface area contributed by atoms with E-state index in [0.717, 1.165) is 30.8 Å². The van der Waals surface area contributed by atoms with E-state index in [1.54, 1.807) is 0 Å². The Hall–Kier alpha value is -0.960. The van der Waals surface area contributed by atoms with E-state index >= 15 is 0 Å². The van der Waals surface area contributed by atoms with Crippen LogP contribution < -0.4 is 0 Å². The number of hydrogen-bond donors (Lipinski definition) is 0. The van der Waals surface area contributed by atoms with Crippen LogP contribution in [0.1, 0.15) is 111 Å². The number of fused-ring (bicyclic) bond motifs is 6. The molecule has 0 aromatic carbocycles. The number of ether oxygens (including phenoxy) is 1. The molecular weight excluding hydrogens is 428 g/mol. The van der Waals surface area contributed by atoms with Crippen molar-refractivity contribution in [2.75, 3.05) is 6.61 Å². The van der Waals surface area contributed by atoms with Gasteiger partial charge in [0, 0.05) is 17.8 Å². The van der Waals surface area contributed by atoms with Crippen molar-refractivity contribution in [3.05, 3.63) is 23.8 Å². The first-order valence-electron chi connectivity index (χ1n) is 14.8. The molecule has 1 aromatic heterocycles. The summed E-state index contributed by atoms with van der Waals surface area (Å²) in [5.74, 6) is 3.07. The molecule has 5 fully saturated rings. The predicted molar refractivity (Wildman–Crippen MR) is 140 cm³/mol. The van der Waals surface area contributed by atoms with Gasteiger partial charge in [0.25, 0.3) is 0 Å². The van der Waals surface area contributed by atoms with Crippen LogP contribution in [0, 0.1) is 50.7 Å². The van der Waals surface area contributed by atoms with Crippen LogP contribution in [0.25, 0.3) is 0 Å². The van der Waals surface area contributed by atoms with Crippen LogP contribution in [-0.4, -0.2) is 22.7 Å². The summed E-state index contributed by atoms with van der Waals surface area (Å²) in [7, 11) is 0. The second-order valence-corrected chi connectivity index (χ2v) is 16.0. The fourth-order valence-electron chi connectivity index (χ4n) is 12.3. The van der Waals surface area contributed by atoms with Crippen molar-refractivity contribution in [3.63, 3.8) is 0 Å². The van der Waals surface area contributed by atoms with Gasteiger partial charge in [-0.25, -0.2) is 0 Å². The standard InChI is InChI=1S/C32H48N2O/c1-27(2)12-14-32-15-13-30(6)20(24(32)26(27)35-19-32)8-9-23-29(5)18-21-25(34-17-16-33-21)28(3,4)22(29)10-11-31(23,30)7/h16-17,20,22-24,26H,8-15,18-19H2,1-7H3/t20-,22+,23-,24-,26-,29-,30-,31-,32+/m1/s1. The van der Waals surface area contributed by atoms with Gasteiger partial charge in [0.1, 0.15) is 0 Å². The van der Waals surface area contributed by atoms with E-state index < -0.39 is 0 Å². The lowest BCUT2D eigenvalue weighted by Gasteiger charge is -2.72. The van der Waals surface area contributed by atoms with Gasteiger partial charge in [-0.3, -0.25) is 9.97 Å². The molecule has 2 bridgehead atoms. The predicted octanol–water partition coefficient (Wildman–Crippen LogP) is 7.38. The average molecular weight is 477 g/mol. The first kappa shape index (κ1) is 23.2. The third-order valence-electron chi connectivity index (χ3n) is 14.2. The first-order valence-corrected chi connectivity index (χ1v) is 14.8. The van der Waals surface area contributed by atoms with Crippen molar-refractivity contribution in [2.24, 2.45) is 50.7 Å². The molecule has 0 spiro atoms. The van der Waals surface area contributed by atoms with Gasteiger partial charge < -0.3 is 4.74 Å². The summed E-state index contributed by atoms with van der Waals surface area (Å²) in [5.41, 5.74) is 4.62. The van der Waals surface area contributed by atoms with Crippen molar-refractivity contribution >= 4 is 0 Å². The van der Waals surface area contributed by atoms with Crippen LogP contribution in [-0.2, 0) is 16.6 Å². The molecule has 192 valence electrons. The van der Waals surface area contributed by atoms with Crippen LogP contribution >= 0.6 is 0 Å². The Morgan fingerprint density at radius 2 is 1.51 bits per heavy atom. The molecule has 1 saturated heterocycles. The summed E-state index contributed by atoms with van der Waals surface area (Å²) in [6, 6.07) is 0. The highest BCUT2D eigenvalue weighted by Gasteiger charge is 2.72. The molecule has 0 unspecified atom stereocenters. The van der Waals surface area contributed by atoms with Crippen molar-refractivity contribution < 1.29 is 4.74 Å². The number of aromatic nitrogens is 2. The van der Waals surface area contributed by atoms with Crippen molar-refractivity contribution in [3.8, 4) is 0 Å². The zero-order chi connectivity index (χ0) is 24.6. The highest BCUT2D eigenvalue weighted by molar-refractivity contribution is 5.32. The second kappa shape index (κ2) is 6.72. The second-order valence-electron chi connectivity index (χ2n) is 16.0. The Morgan fingerprint density at radius 3 is 2.31 bits per heavy atom. The van der Waals surface area contributed by atoms with Crippen molar-refractivity contribution in [1.29, 1.82) is 0 Å². The number of rotatable bonds is 0. The molecule has 0 N–H and O–H groups in total.